The highest BCUT2D eigenvalue weighted by molar-refractivity contribution is 6.13. The molecule has 0 unspecified atom stereocenters. The minimum absolute atomic E-state index is 0.0443. The number of carbonyl (C=O) groups excluding carboxylic acids is 12. The summed E-state index contributed by atoms with van der Waals surface area (Å²) in [6, 6.07) is 6.69. The minimum atomic E-state index is -1.32. The van der Waals surface area contributed by atoms with Gasteiger partial charge in [-0.2, -0.15) is 0 Å². The first kappa shape index (κ1) is 77.3. The van der Waals surface area contributed by atoms with Gasteiger partial charge in [0.1, 0.15) is 36.8 Å². The number of imide groups is 1. The first-order valence-corrected chi connectivity index (χ1v) is 32.0. The van der Waals surface area contributed by atoms with E-state index in [1.807, 2.05) is 69.8 Å². The molecule has 0 fully saturated rings. The number of esters is 2. The van der Waals surface area contributed by atoms with Crippen LogP contribution in [0.2, 0.25) is 0 Å². The predicted molar refractivity (Wildman–Crippen MR) is 354 cm³/mol. The Bertz CT molecular complexity index is 3240. The van der Waals surface area contributed by atoms with Crippen molar-refractivity contribution in [3.8, 4) is 0 Å². The van der Waals surface area contributed by atoms with Crippen LogP contribution < -0.4 is 37.6 Å². The topological polar surface area (TPSA) is 345 Å². The summed E-state index contributed by atoms with van der Waals surface area (Å²) >= 11 is 0. The average molecular weight is 1310 g/mol. The van der Waals surface area contributed by atoms with Gasteiger partial charge in [0.25, 0.3) is 11.8 Å². The molecule has 516 valence electrons. The molecule has 94 heavy (non-hydrogen) atoms. The second kappa shape index (κ2) is 35.8. The number of ether oxygens (including phenoxy) is 3. The smallest absolute Gasteiger partial charge is 0.410 e. The molecule has 3 aromatic rings. The van der Waals surface area contributed by atoms with Crippen molar-refractivity contribution in [3.63, 3.8) is 0 Å². The van der Waals surface area contributed by atoms with E-state index in [-0.39, 0.29) is 94.2 Å². The number of likely N-dealkylation sites (N-methyl/N-ethyl adjacent to an activating group) is 2. The first-order valence-electron chi connectivity index (χ1n) is 32.0. The first-order chi connectivity index (χ1) is 44.1. The lowest BCUT2D eigenvalue weighted by Crippen LogP contribution is -2.63. The Morgan fingerprint density at radius 2 is 1.33 bits per heavy atom. The maximum atomic E-state index is 15.4. The number of aromatic nitrogens is 1. The number of aryl methyl sites for hydroxylation is 1. The van der Waals surface area contributed by atoms with Crippen molar-refractivity contribution in [2.75, 3.05) is 45.7 Å². The molecule has 11 amide bonds. The summed E-state index contributed by atoms with van der Waals surface area (Å²) < 4.78 is 18.0. The molecule has 26 heteroatoms. The Morgan fingerprint density at radius 1 is 0.691 bits per heavy atom. The largest absolute Gasteiger partial charge is 0.466 e. The fourth-order valence-corrected chi connectivity index (χ4v) is 11.0. The molecule has 2 aromatic carbocycles. The van der Waals surface area contributed by atoms with Crippen molar-refractivity contribution in [1.29, 1.82) is 0 Å². The summed E-state index contributed by atoms with van der Waals surface area (Å²) in [6.45, 7) is 21.3. The average Bonchev–Trinajstić information content (AvgIpc) is 1.49. The van der Waals surface area contributed by atoms with E-state index in [2.05, 4.69) is 31.9 Å². The van der Waals surface area contributed by atoms with Crippen LogP contribution >= 0.6 is 0 Å². The van der Waals surface area contributed by atoms with Gasteiger partial charge in [-0.05, 0) is 99.5 Å². The zero-order valence-electron chi connectivity index (χ0n) is 57.2. The van der Waals surface area contributed by atoms with Crippen molar-refractivity contribution < 1.29 is 71.7 Å². The SMILES string of the molecule is CCOC(=O)CC[C@@H](NC(=O)/C(C)=C/[C@H](C(C)C)N(C)C(=O)[C@@H](NC(=O)[C@@H](N(C)C(=O)OCc1ccc(NC(=O)[C@H](CCCNC(N)=O)NC(=O)[C@@H](NC(=O)CCCCCN2C(=O)C=CC2=O)C(C)C)cc1)C(C)(C)c1cn(C)c2ccccc12)C(C)(C)C)C(=O)OCC. The molecule has 2 heterocycles. The number of carbonyl (C=O) groups is 12. The van der Waals surface area contributed by atoms with Gasteiger partial charge in [0.15, 0.2) is 0 Å². The van der Waals surface area contributed by atoms with Gasteiger partial charge in [0, 0.05) is 93.0 Å². The van der Waals surface area contributed by atoms with E-state index in [0.29, 0.717) is 30.5 Å². The fourth-order valence-electron chi connectivity index (χ4n) is 11.0. The number of benzene rings is 2. The van der Waals surface area contributed by atoms with Gasteiger partial charge in [-0.15, -0.1) is 0 Å². The summed E-state index contributed by atoms with van der Waals surface area (Å²) in [5.41, 5.74) is 5.76. The summed E-state index contributed by atoms with van der Waals surface area (Å²) in [6.07, 6.45) is 6.70. The van der Waals surface area contributed by atoms with Crippen molar-refractivity contribution in [2.45, 2.75) is 183 Å². The maximum Gasteiger partial charge on any atom is 0.410 e. The molecule has 1 aromatic heterocycles. The number of amides is 11. The number of nitrogens with two attached hydrogens (primary N) is 1. The van der Waals surface area contributed by atoms with Crippen LogP contribution in [0.5, 0.6) is 0 Å². The minimum Gasteiger partial charge on any atom is -0.466 e. The van der Waals surface area contributed by atoms with Gasteiger partial charge in [0.05, 0.1) is 19.3 Å². The maximum absolute atomic E-state index is 15.4. The molecule has 1 aliphatic rings. The van der Waals surface area contributed by atoms with Crippen LogP contribution in [0.15, 0.2) is 78.5 Å². The monoisotopic (exact) mass is 1310 g/mol. The van der Waals surface area contributed by atoms with E-state index in [1.165, 1.54) is 29.0 Å². The molecule has 0 spiro atoms. The van der Waals surface area contributed by atoms with Crippen molar-refractivity contribution in [2.24, 2.45) is 30.0 Å². The molecular formula is C68H99N11O15. The van der Waals surface area contributed by atoms with Crippen LogP contribution in [0, 0.1) is 17.3 Å². The molecule has 4 rings (SSSR count). The number of hydrogen-bond acceptors (Lipinski definition) is 15. The number of hydrogen-bond donors (Lipinski definition) is 7. The predicted octanol–water partition coefficient (Wildman–Crippen LogP) is 5.94. The van der Waals surface area contributed by atoms with Gasteiger partial charge in [-0.3, -0.25) is 53.0 Å². The lowest BCUT2D eigenvalue weighted by molar-refractivity contribution is -0.148. The zero-order valence-corrected chi connectivity index (χ0v) is 57.2. The molecule has 1 aliphatic heterocycles. The Kier molecular flexibility index (Phi) is 29.5. The van der Waals surface area contributed by atoms with Crippen molar-refractivity contribution in [1.82, 2.24) is 45.9 Å². The molecule has 6 atom stereocenters. The van der Waals surface area contributed by atoms with E-state index < -0.39 is 107 Å². The Labute approximate surface area is 551 Å². The Hall–Kier alpha value is -9.10. The third kappa shape index (κ3) is 22.3. The summed E-state index contributed by atoms with van der Waals surface area (Å²) in [4.78, 5) is 164. The van der Waals surface area contributed by atoms with E-state index in [4.69, 9.17) is 19.9 Å². The third-order valence-electron chi connectivity index (χ3n) is 16.3. The lowest BCUT2D eigenvalue weighted by Gasteiger charge is -2.42. The second-order valence-electron chi connectivity index (χ2n) is 25.9. The van der Waals surface area contributed by atoms with Crippen LogP contribution in [0.3, 0.4) is 0 Å². The van der Waals surface area contributed by atoms with Crippen LogP contribution in [-0.4, -0.2) is 167 Å². The Balaban J connectivity index is 1.54. The lowest BCUT2D eigenvalue weighted by atomic mass is 9.76. The highest BCUT2D eigenvalue weighted by Crippen LogP contribution is 2.37. The van der Waals surface area contributed by atoms with E-state index in [0.717, 1.165) is 21.4 Å². The number of anilines is 1. The van der Waals surface area contributed by atoms with Crippen LogP contribution in [0.1, 0.15) is 146 Å². The number of urea groups is 1. The van der Waals surface area contributed by atoms with Crippen LogP contribution in [0.25, 0.3) is 10.9 Å². The highest BCUT2D eigenvalue weighted by atomic mass is 16.6. The number of nitrogens with zero attached hydrogens (tertiary/aromatic N) is 4. The van der Waals surface area contributed by atoms with E-state index >= 15 is 9.59 Å². The van der Waals surface area contributed by atoms with Gasteiger partial charge >= 0.3 is 24.1 Å². The summed E-state index contributed by atoms with van der Waals surface area (Å²) in [5.74, 6) is -6.09. The highest BCUT2D eigenvalue weighted by Gasteiger charge is 2.47. The molecule has 26 nitrogen and oxygen atoms in total. The van der Waals surface area contributed by atoms with Crippen LogP contribution in [0.4, 0.5) is 15.3 Å². The van der Waals surface area contributed by atoms with Crippen molar-refractivity contribution >= 4 is 87.9 Å². The van der Waals surface area contributed by atoms with Crippen molar-refractivity contribution in [3.05, 3.63) is 89.7 Å². The molecule has 0 saturated heterocycles. The standard InChI is InChI=1S/C68H99N11O15/c1-16-92-55(83)35-32-49(64(89)93-17-2)73-59(84)43(7)38-51(41(3)4)77(14)63(88)57(67(8,9)10)75-62(87)58(68(11,12)47-39-76(13)50-26-21-20-24-46(47)50)78(15)66(91)94-40-44-28-30-45(31-29-44)71-60(85)48(25-23-36-70-65(69)90)72-61(86)56(42(5)6)74-52(80)27-19-18-22-37-79-53(81)33-34-54(79)82/h20-21,24,26,28-31,33-34,38-39,41-42,48-49,51,56-58H,16-19,22-23,25,27,32,35-37,40H2,1-15H3,(H,71,85)(H,72,86)(H,73,84)(H,74,80)(H,75,87)(H3,69,70,90)/b43-38+/t48-,49+,51+,56-,57+,58+/m0/s1. The quantitative estimate of drug-likeness (QED) is 0.0118. The Morgan fingerprint density at radius 3 is 1.93 bits per heavy atom. The van der Waals surface area contributed by atoms with Gasteiger partial charge in [-0.1, -0.05) is 105 Å². The molecule has 8 N–H and O–H groups in total. The van der Waals surface area contributed by atoms with Gasteiger partial charge in [0.2, 0.25) is 35.4 Å². The number of primary amides is 1. The fraction of sp³-hybridized carbons (Fsp3) is 0.559. The summed E-state index contributed by atoms with van der Waals surface area (Å²) in [7, 11) is 4.89. The van der Waals surface area contributed by atoms with Crippen LogP contribution in [-0.2, 0) is 81.2 Å². The molecule has 0 radical (unpaired) electrons. The van der Waals surface area contributed by atoms with Gasteiger partial charge < -0.3 is 61.3 Å². The number of para-hydroxylation sites is 1. The third-order valence-corrected chi connectivity index (χ3v) is 16.3. The number of fused-ring (bicyclic) bond motifs is 1. The molecular weight excluding hydrogens is 1210 g/mol. The molecule has 0 saturated carbocycles. The summed E-state index contributed by atoms with van der Waals surface area (Å²) in [5, 5.41) is 17.3. The normalized spacial score (nSPS) is 14.5. The second-order valence-corrected chi connectivity index (χ2v) is 25.9. The van der Waals surface area contributed by atoms with E-state index in [1.54, 1.807) is 92.8 Å². The van der Waals surface area contributed by atoms with E-state index in [9.17, 15) is 47.9 Å². The van der Waals surface area contributed by atoms with Gasteiger partial charge in [-0.25, -0.2) is 14.4 Å². The number of unbranched alkanes of at least 4 members (excludes halogenated alkanes) is 2. The molecule has 0 aliphatic carbocycles. The zero-order chi connectivity index (χ0) is 70.4. The number of rotatable bonds is 35. The molecule has 0 bridgehead atoms. The number of nitrogens with one attached hydrogen (secondary N) is 6.